The molecule has 1 aliphatic rings. The maximum absolute atomic E-state index is 3.47. The highest BCUT2D eigenvalue weighted by Gasteiger charge is 2.08. The molecule has 0 heteroatoms. The average Bonchev–Trinajstić information content (AvgIpc) is 2.67. The van der Waals surface area contributed by atoms with Gasteiger partial charge in [0.2, 0.25) is 0 Å². The van der Waals surface area contributed by atoms with E-state index in [1.165, 1.54) is 56.9 Å². The van der Waals surface area contributed by atoms with E-state index in [4.69, 9.17) is 0 Å². The van der Waals surface area contributed by atoms with Crippen LogP contribution in [0.5, 0.6) is 0 Å². The maximum atomic E-state index is 3.47. The number of hydrogen-bond donors (Lipinski definition) is 0. The second-order valence-corrected chi connectivity index (χ2v) is 4.61. The van der Waals surface area contributed by atoms with Crippen LogP contribution in [0.25, 0.3) is 0 Å². The third-order valence-electron chi connectivity index (χ3n) is 3.09. The van der Waals surface area contributed by atoms with Crippen molar-refractivity contribution in [3.63, 3.8) is 0 Å². The van der Waals surface area contributed by atoms with Crippen molar-refractivity contribution >= 4 is 0 Å². The van der Waals surface area contributed by atoms with E-state index in [-0.39, 0.29) is 0 Å². The average molecular weight is 205 g/mol. The molecule has 0 spiro atoms. The van der Waals surface area contributed by atoms with E-state index in [1.54, 1.807) is 0 Å². The zero-order chi connectivity index (χ0) is 10.9. The summed E-state index contributed by atoms with van der Waals surface area (Å²) in [6.07, 6.45) is 18.8. The normalized spacial score (nSPS) is 19.6. The van der Waals surface area contributed by atoms with E-state index in [9.17, 15) is 0 Å². The molecule has 0 aliphatic heterocycles. The molecule has 1 atom stereocenters. The second-order valence-electron chi connectivity index (χ2n) is 4.61. The minimum atomic E-state index is 0.633. The number of rotatable bonds is 8. The van der Waals surface area contributed by atoms with Crippen molar-refractivity contribution in [1.82, 2.24) is 0 Å². The summed E-state index contributed by atoms with van der Waals surface area (Å²) in [5.41, 5.74) is 1.53. The van der Waals surface area contributed by atoms with Crippen LogP contribution in [0.2, 0.25) is 0 Å². The summed E-state index contributed by atoms with van der Waals surface area (Å²) in [7, 11) is 0. The van der Waals surface area contributed by atoms with Crippen LogP contribution in [-0.4, -0.2) is 0 Å². The van der Waals surface area contributed by atoms with Crippen LogP contribution in [0, 0.1) is 12.0 Å². The zero-order valence-electron chi connectivity index (χ0n) is 10.4. The lowest BCUT2D eigenvalue weighted by molar-refractivity contribution is 0.605. The Morgan fingerprint density at radius 1 is 1.07 bits per heavy atom. The van der Waals surface area contributed by atoms with Crippen LogP contribution < -0.4 is 0 Å². The van der Waals surface area contributed by atoms with Gasteiger partial charge in [0, 0.05) is 5.92 Å². The first-order chi connectivity index (χ1) is 7.36. The summed E-state index contributed by atoms with van der Waals surface area (Å²) in [5.74, 6) is 0.633. The highest BCUT2D eigenvalue weighted by Crippen LogP contribution is 2.24. The first kappa shape index (κ1) is 12.5. The van der Waals surface area contributed by atoms with Crippen molar-refractivity contribution in [2.45, 2.75) is 65.2 Å². The molecule has 0 amide bonds. The van der Waals surface area contributed by atoms with Gasteiger partial charge < -0.3 is 0 Å². The predicted octanol–water partition coefficient (Wildman–Crippen LogP) is 5.06. The van der Waals surface area contributed by atoms with Crippen LogP contribution in [0.3, 0.4) is 0 Å². The standard InChI is InChI=1S/C15H25/c1-3-5-7-9-14-11-12-15(13-14)10-8-6-4-2/h11,13,15H,3-10H2,1-2H3. The maximum Gasteiger partial charge on any atom is 0.00268 e. The SMILES string of the molecule is CCCCCC1=CC(CCCCC)[C]=C1. The van der Waals surface area contributed by atoms with E-state index < -0.39 is 0 Å². The molecule has 0 N–H and O–H groups in total. The molecule has 0 heterocycles. The highest BCUT2D eigenvalue weighted by atomic mass is 14.1. The van der Waals surface area contributed by atoms with Gasteiger partial charge in [-0.3, -0.25) is 0 Å². The molecule has 0 bridgehead atoms. The molecule has 0 fully saturated rings. The van der Waals surface area contributed by atoms with E-state index in [0.29, 0.717) is 5.92 Å². The molecule has 0 saturated heterocycles. The quantitative estimate of drug-likeness (QED) is 0.486. The van der Waals surface area contributed by atoms with Crippen molar-refractivity contribution in [2.24, 2.45) is 5.92 Å². The van der Waals surface area contributed by atoms with Crippen LogP contribution in [0.15, 0.2) is 17.7 Å². The fourth-order valence-electron chi connectivity index (χ4n) is 2.08. The summed E-state index contributed by atoms with van der Waals surface area (Å²) in [6, 6.07) is 0. The Morgan fingerprint density at radius 2 is 1.80 bits per heavy atom. The lowest BCUT2D eigenvalue weighted by atomic mass is 10.0. The van der Waals surface area contributed by atoms with Gasteiger partial charge in [-0.15, -0.1) is 0 Å². The van der Waals surface area contributed by atoms with E-state index in [0.717, 1.165) is 0 Å². The largest absolute Gasteiger partial charge is 0.0738 e. The molecule has 0 aromatic carbocycles. The first-order valence-corrected chi connectivity index (χ1v) is 6.66. The fraction of sp³-hybridized carbons (Fsp3) is 0.733. The smallest absolute Gasteiger partial charge is 0.00268 e. The topological polar surface area (TPSA) is 0 Å². The molecule has 1 aliphatic carbocycles. The van der Waals surface area contributed by atoms with Crippen LogP contribution in [0.1, 0.15) is 65.2 Å². The second kappa shape index (κ2) is 7.73. The van der Waals surface area contributed by atoms with Gasteiger partial charge in [0.05, 0.1) is 0 Å². The van der Waals surface area contributed by atoms with Crippen molar-refractivity contribution in [3.05, 3.63) is 23.8 Å². The summed E-state index contributed by atoms with van der Waals surface area (Å²) in [5, 5.41) is 0. The van der Waals surface area contributed by atoms with Gasteiger partial charge in [0.1, 0.15) is 0 Å². The summed E-state index contributed by atoms with van der Waals surface area (Å²) in [4.78, 5) is 0. The lowest BCUT2D eigenvalue weighted by Gasteiger charge is -2.03. The van der Waals surface area contributed by atoms with Gasteiger partial charge in [0.15, 0.2) is 0 Å². The minimum Gasteiger partial charge on any atom is -0.0738 e. The number of unbranched alkanes of at least 4 members (excludes halogenated alkanes) is 4. The Kier molecular flexibility index (Phi) is 6.47. The third-order valence-corrected chi connectivity index (χ3v) is 3.09. The Bertz CT molecular complexity index is 210. The van der Waals surface area contributed by atoms with E-state index >= 15 is 0 Å². The molecule has 1 rings (SSSR count). The van der Waals surface area contributed by atoms with Crippen molar-refractivity contribution < 1.29 is 0 Å². The molecule has 15 heavy (non-hydrogen) atoms. The molecule has 85 valence electrons. The third kappa shape index (κ3) is 5.20. The van der Waals surface area contributed by atoms with E-state index in [1.807, 2.05) is 0 Å². The molecule has 0 aromatic rings. The van der Waals surface area contributed by atoms with Crippen molar-refractivity contribution in [3.8, 4) is 0 Å². The lowest BCUT2D eigenvalue weighted by Crippen LogP contribution is -1.89. The van der Waals surface area contributed by atoms with Gasteiger partial charge in [-0.1, -0.05) is 63.7 Å². The van der Waals surface area contributed by atoms with Gasteiger partial charge in [0.25, 0.3) is 0 Å². The van der Waals surface area contributed by atoms with Gasteiger partial charge >= 0.3 is 0 Å². The molecule has 0 aromatic heterocycles. The molecular weight excluding hydrogens is 180 g/mol. The van der Waals surface area contributed by atoms with Gasteiger partial charge in [-0.25, -0.2) is 0 Å². The Morgan fingerprint density at radius 3 is 2.53 bits per heavy atom. The fourth-order valence-corrected chi connectivity index (χ4v) is 2.08. The number of hydrogen-bond acceptors (Lipinski definition) is 0. The summed E-state index contributed by atoms with van der Waals surface area (Å²) >= 11 is 0. The zero-order valence-corrected chi connectivity index (χ0v) is 10.4. The Balaban J connectivity index is 2.14. The van der Waals surface area contributed by atoms with Crippen molar-refractivity contribution in [2.75, 3.05) is 0 Å². The molecule has 1 unspecified atom stereocenters. The van der Waals surface area contributed by atoms with Crippen LogP contribution in [0.4, 0.5) is 0 Å². The predicted molar refractivity (Wildman–Crippen MR) is 67.7 cm³/mol. The molecule has 0 nitrogen and oxygen atoms in total. The van der Waals surface area contributed by atoms with Crippen molar-refractivity contribution in [1.29, 1.82) is 0 Å². The van der Waals surface area contributed by atoms with Crippen LogP contribution >= 0.6 is 0 Å². The monoisotopic (exact) mass is 205 g/mol. The number of allylic oxidation sites excluding steroid dienone is 4. The molecule has 1 radical (unpaired) electrons. The Labute approximate surface area is 95.5 Å². The van der Waals surface area contributed by atoms with Gasteiger partial charge in [-0.05, 0) is 25.3 Å². The van der Waals surface area contributed by atoms with E-state index in [2.05, 4.69) is 32.1 Å². The summed E-state index contributed by atoms with van der Waals surface area (Å²) < 4.78 is 0. The first-order valence-electron chi connectivity index (χ1n) is 6.66. The van der Waals surface area contributed by atoms with Gasteiger partial charge in [-0.2, -0.15) is 0 Å². The highest BCUT2D eigenvalue weighted by molar-refractivity contribution is 5.25. The molecular formula is C15H25. The Hall–Kier alpha value is -0.520. The van der Waals surface area contributed by atoms with Crippen LogP contribution in [-0.2, 0) is 0 Å². The molecule has 0 saturated carbocycles. The summed E-state index contributed by atoms with van der Waals surface area (Å²) in [6.45, 7) is 4.53. The minimum absolute atomic E-state index is 0.633.